The number of hydrogen-bond acceptors (Lipinski definition) is 29. The van der Waals surface area contributed by atoms with Crippen LogP contribution in [0.5, 0.6) is 52.1 Å². The van der Waals surface area contributed by atoms with Gasteiger partial charge in [0.05, 0.1) is 61.4 Å². The number of amides is 2. The van der Waals surface area contributed by atoms with Crippen LogP contribution in [-0.4, -0.2) is 208 Å². The summed E-state index contributed by atoms with van der Waals surface area (Å²) in [6, 6.07) is 21.3. The molecular formula is C75H104B2Br3Cl3N18O13. The molecule has 3 aromatic carbocycles. The standard InChI is InChI=1S/C25H30N6O4.C21H27ClN4O4.C19H20N6O2.C4H5BN2O2.CH2Cl2.CH4O.4CH4.BBr3/c1-25(2,3)35-24(32)31-11-5-6-18(31)14-28-21-15-29-22(17-12-26-16-27-13-17)30-23(21)34-20-9-7-19(33-4)8-10-20;1-21(2,3)30-20(27)26-11-5-6-14(26)12-23-17-13-24-19(22)25-18(17)29-16-9-7-15(28-4)8-10-16;26-15-3-5-16(6-4-15)27-19-17(23-10-14-2-1-7-22-14)11-24-18(25-19)13-8-20-12-21-9-13;8-5(9)4-1-6-3-7-2-4;2-1-3;1-2;;;;;2-1(3)4/h7-10,12-13,15-16,18,28H,5-6,11,14H2,1-4H3;7-10,13-14,23H,5-6,11-12H2,1-4H3;3-6,8-9,11-12,14,22-23,26H,1-2,7,10H2;1-3,8-9H;1H2;2H,1H3;4*1H4;/t18-;2*14-;;;;;;;;/m000......../s1. The van der Waals surface area contributed by atoms with E-state index in [9.17, 15) is 14.7 Å². The Morgan fingerprint density at radius 2 is 0.868 bits per heavy atom. The average molecular weight is 1830 g/mol. The predicted molar refractivity (Wildman–Crippen MR) is 462 cm³/mol. The number of nitrogens with one attached hydrogen (secondary N) is 4. The third-order valence-electron chi connectivity index (χ3n) is 15.1. The molecule has 9 aromatic rings. The van der Waals surface area contributed by atoms with Gasteiger partial charge in [-0.3, -0.25) is 0 Å². The van der Waals surface area contributed by atoms with E-state index in [-0.39, 0.29) is 73.5 Å². The van der Waals surface area contributed by atoms with Gasteiger partial charge in [0.2, 0.25) is 22.9 Å². The highest BCUT2D eigenvalue weighted by molar-refractivity contribution is 9.69. The monoisotopic (exact) mass is 1830 g/mol. The maximum absolute atomic E-state index is 12.6. The molecule has 0 spiro atoms. The largest absolute Gasteiger partial charge is 0.508 e. The number of aromatic hydroxyl groups is 1. The first-order valence-corrected chi connectivity index (χ1v) is 38.4. The van der Waals surface area contributed by atoms with Crippen molar-refractivity contribution in [2.24, 2.45) is 0 Å². The van der Waals surface area contributed by atoms with Crippen molar-refractivity contribution in [3.05, 3.63) is 153 Å². The Kier molecular flexibility index (Phi) is 47.4. The fraction of sp³-hybridized carbons (Fsp3) is 0.413. The maximum atomic E-state index is 12.6. The zero-order chi connectivity index (χ0) is 80.0. The highest BCUT2D eigenvalue weighted by Gasteiger charge is 2.34. The van der Waals surface area contributed by atoms with Crippen LogP contribution in [0.25, 0.3) is 22.8 Å². The molecule has 0 saturated carbocycles. The number of carbonyl (C=O) groups excluding carboxylic acids is 2. The number of alkyl halides is 2. The van der Waals surface area contributed by atoms with E-state index in [1.807, 2.05) is 53.7 Å². The normalized spacial score (nSPS) is 14.1. The Bertz CT molecular complexity index is 4160. The second-order valence-electron chi connectivity index (χ2n) is 25.4. The fourth-order valence-electron chi connectivity index (χ4n) is 10.2. The second kappa shape index (κ2) is 53.3. The Morgan fingerprint density at radius 3 is 1.21 bits per heavy atom. The van der Waals surface area contributed by atoms with Crippen molar-refractivity contribution >= 4 is 127 Å². The zero-order valence-corrected chi connectivity index (χ0v) is 69.0. The number of benzene rings is 3. The quantitative estimate of drug-likeness (QED) is 0.0200. The number of phenols is 1. The van der Waals surface area contributed by atoms with Crippen LogP contribution < -0.4 is 50.4 Å². The first kappa shape index (κ1) is 101. The molecule has 3 atom stereocenters. The zero-order valence-electron chi connectivity index (χ0n) is 61.9. The summed E-state index contributed by atoms with van der Waals surface area (Å²) in [5.74, 6) is 5.38. The molecule has 114 heavy (non-hydrogen) atoms. The summed E-state index contributed by atoms with van der Waals surface area (Å²) in [6.07, 6.45) is 23.8. The van der Waals surface area contributed by atoms with E-state index < -0.39 is 18.3 Å². The van der Waals surface area contributed by atoms with Gasteiger partial charge < -0.3 is 84.5 Å². The number of aliphatic hydroxyl groups is 1. The van der Waals surface area contributed by atoms with Crippen LogP contribution in [0.2, 0.25) is 5.28 Å². The van der Waals surface area contributed by atoms with Crippen LogP contribution in [0.3, 0.4) is 0 Å². The van der Waals surface area contributed by atoms with Gasteiger partial charge in [-0.05, 0) is 171 Å². The average Bonchev–Trinajstić information content (AvgIpc) is 1.09. The Morgan fingerprint density at radius 1 is 0.526 bits per heavy atom. The molecule has 6 aromatic heterocycles. The van der Waals surface area contributed by atoms with Crippen molar-refractivity contribution in [1.29, 1.82) is 0 Å². The summed E-state index contributed by atoms with van der Waals surface area (Å²) in [5, 5.41) is 47.2. The Labute approximate surface area is 708 Å². The number of aliphatic hydroxyl groups excluding tert-OH is 1. The van der Waals surface area contributed by atoms with E-state index in [0.29, 0.717) is 112 Å². The van der Waals surface area contributed by atoms with Gasteiger partial charge in [0.15, 0.2) is 11.6 Å². The summed E-state index contributed by atoms with van der Waals surface area (Å²) < 4.78 is 39.7. The third-order valence-corrected chi connectivity index (χ3v) is 15.3. The highest BCUT2D eigenvalue weighted by Crippen LogP contribution is 2.35. The molecule has 0 radical (unpaired) electrons. The van der Waals surface area contributed by atoms with Crippen LogP contribution >= 0.6 is 82.1 Å². The van der Waals surface area contributed by atoms with Gasteiger partial charge >= 0.3 is 22.5 Å². The van der Waals surface area contributed by atoms with Crippen LogP contribution in [0.15, 0.2) is 148 Å². The number of carbonyl (C=O) groups is 2. The molecule has 620 valence electrons. The van der Waals surface area contributed by atoms with Crippen LogP contribution in [0.1, 0.15) is 110 Å². The fourth-order valence-corrected chi connectivity index (χ4v) is 10.3. The lowest BCUT2D eigenvalue weighted by molar-refractivity contribution is 0.0224. The molecule has 3 aliphatic rings. The predicted octanol–water partition coefficient (Wildman–Crippen LogP) is 15.8. The number of likely N-dealkylation sites (tertiary alicyclic amines) is 2. The topological polar surface area (TPSA) is 389 Å². The minimum Gasteiger partial charge on any atom is -0.508 e. The number of rotatable bonds is 20. The minimum atomic E-state index is -1.47. The maximum Gasteiger partial charge on any atom is 0.491 e. The molecule has 39 heteroatoms. The van der Waals surface area contributed by atoms with Crippen LogP contribution in [-0.2, 0) is 9.47 Å². The number of nitrogens with zero attached hydrogens (tertiary/aromatic N) is 14. The molecule has 3 aliphatic heterocycles. The van der Waals surface area contributed by atoms with E-state index >= 15 is 0 Å². The number of ether oxygens (including phenoxy) is 7. The lowest BCUT2D eigenvalue weighted by Gasteiger charge is -2.29. The number of hydrogen-bond donors (Lipinski definition) is 8. The van der Waals surface area contributed by atoms with E-state index in [0.717, 1.165) is 63.8 Å². The van der Waals surface area contributed by atoms with Crippen molar-refractivity contribution in [1.82, 2.24) is 74.9 Å². The third kappa shape index (κ3) is 36.3. The SMILES string of the molecule is BrB(Br)Br.C.C.C.C.CO.COc1ccc(Oc2nc(-c3cncnc3)ncc2NC[C@@H]2CCCN2C(=O)OC(C)(C)C)cc1.COc1ccc(Oc2nc(Cl)ncc2NC[C@@H]2CCCN2C(=O)OC(C)(C)C)cc1.ClCCl.OB(O)c1cncnc1.Oc1ccc(Oc2nc(-c3cncnc3)ncc2NC[C@@H]2CCCN2)cc1. The Hall–Kier alpha value is -8.84. The minimum absolute atomic E-state index is 0. The lowest BCUT2D eigenvalue weighted by Crippen LogP contribution is -2.42. The summed E-state index contributed by atoms with van der Waals surface area (Å²) in [5.41, 5.74) is 2.52. The second-order valence-corrected chi connectivity index (χ2v) is 32.9. The first-order chi connectivity index (χ1) is 52.8. The summed E-state index contributed by atoms with van der Waals surface area (Å²) >= 11 is 24.8. The number of methoxy groups -OCH3 is 2. The van der Waals surface area contributed by atoms with Crippen molar-refractivity contribution < 1.29 is 63.0 Å². The smallest absolute Gasteiger partial charge is 0.491 e. The first-order valence-electron chi connectivity index (χ1n) is 34.2. The van der Waals surface area contributed by atoms with Crippen molar-refractivity contribution in [2.75, 3.05) is 81.9 Å². The Balaban J connectivity index is 0.000000516. The van der Waals surface area contributed by atoms with E-state index in [4.69, 9.17) is 83.1 Å². The molecule has 3 saturated heterocycles. The summed E-state index contributed by atoms with van der Waals surface area (Å²) in [7, 11) is 2.75. The van der Waals surface area contributed by atoms with Crippen molar-refractivity contribution in [2.45, 2.75) is 139 Å². The number of halogens is 6. The summed E-state index contributed by atoms with van der Waals surface area (Å²) in [6.45, 7) is 15.4. The van der Waals surface area contributed by atoms with E-state index in [2.05, 4.69) is 128 Å². The molecule has 0 unspecified atom stereocenters. The van der Waals surface area contributed by atoms with Gasteiger partial charge in [-0.25, -0.2) is 54.4 Å². The van der Waals surface area contributed by atoms with Gasteiger partial charge in [-0.15, -0.1) is 70.5 Å². The molecule has 0 aliphatic carbocycles. The van der Waals surface area contributed by atoms with Crippen molar-refractivity contribution in [3.8, 4) is 74.9 Å². The molecule has 3 fully saturated rings. The lowest BCUT2D eigenvalue weighted by atomic mass is 9.83. The van der Waals surface area contributed by atoms with Gasteiger partial charge in [-0.2, -0.15) is 15.0 Å². The van der Waals surface area contributed by atoms with E-state index in [1.165, 1.54) is 37.8 Å². The number of phenolic OH excluding ortho intramolecular Hbond substituents is 1. The van der Waals surface area contributed by atoms with Crippen LogP contribution in [0, 0.1) is 0 Å². The molecule has 2 amide bonds. The highest BCUT2D eigenvalue weighted by atomic mass is 79.9. The molecule has 31 nitrogen and oxygen atoms in total. The molecule has 0 bridgehead atoms. The van der Waals surface area contributed by atoms with Gasteiger partial charge in [0.1, 0.15) is 81.7 Å². The van der Waals surface area contributed by atoms with Crippen molar-refractivity contribution in [3.63, 3.8) is 0 Å². The van der Waals surface area contributed by atoms with Gasteiger partial charge in [0.25, 0.3) is 0 Å². The summed E-state index contributed by atoms with van der Waals surface area (Å²) in [4.78, 5) is 78.2. The molecule has 9 heterocycles. The van der Waals surface area contributed by atoms with Gasteiger partial charge in [-0.1, -0.05) is 29.7 Å². The molecular weight excluding hydrogens is 1730 g/mol. The number of anilines is 3. The molecule has 12 rings (SSSR count). The number of aromatic nitrogens is 12. The van der Waals surface area contributed by atoms with Crippen LogP contribution in [0.4, 0.5) is 26.7 Å². The van der Waals surface area contributed by atoms with E-state index in [1.54, 1.807) is 128 Å². The van der Waals surface area contributed by atoms with Gasteiger partial charge in [0, 0.05) is 88.5 Å². The molecule has 8 N–H and O–H groups in total.